The Hall–Kier alpha value is -1.71. The summed E-state index contributed by atoms with van der Waals surface area (Å²) >= 11 is 0. The first-order chi connectivity index (χ1) is 9.20. The Labute approximate surface area is 114 Å². The van der Waals surface area contributed by atoms with Crippen LogP contribution in [0.1, 0.15) is 32.6 Å². The zero-order valence-electron chi connectivity index (χ0n) is 11.6. The molecule has 2 rings (SSSR count). The fourth-order valence-corrected chi connectivity index (χ4v) is 2.61. The molecular weight excluding hydrogens is 240 g/mol. The lowest BCUT2D eigenvalue weighted by Gasteiger charge is -2.29. The number of benzene rings is 1. The fourth-order valence-electron chi connectivity index (χ4n) is 2.61. The molecule has 4 nitrogen and oxygen atoms in total. The minimum absolute atomic E-state index is 0.150. The van der Waals surface area contributed by atoms with Gasteiger partial charge in [0, 0.05) is 6.04 Å². The molecule has 1 aromatic rings. The van der Waals surface area contributed by atoms with E-state index >= 15 is 0 Å². The van der Waals surface area contributed by atoms with Crippen molar-refractivity contribution in [2.75, 3.05) is 12.4 Å². The zero-order chi connectivity index (χ0) is 13.7. The van der Waals surface area contributed by atoms with Crippen molar-refractivity contribution in [2.24, 2.45) is 5.92 Å². The third-order valence-electron chi connectivity index (χ3n) is 3.78. The third kappa shape index (κ3) is 3.63. The van der Waals surface area contributed by atoms with Gasteiger partial charge in [-0.3, -0.25) is 0 Å². The van der Waals surface area contributed by atoms with E-state index in [0.29, 0.717) is 17.4 Å². The molecular formula is C15H22N2O2. The molecule has 0 bridgehead atoms. The number of ether oxygens (including phenoxy) is 1. The summed E-state index contributed by atoms with van der Waals surface area (Å²) in [7, 11) is 1.60. The van der Waals surface area contributed by atoms with Gasteiger partial charge in [0.25, 0.3) is 0 Å². The molecule has 1 fully saturated rings. The van der Waals surface area contributed by atoms with E-state index in [1.165, 1.54) is 19.3 Å². The molecule has 104 valence electrons. The highest BCUT2D eigenvalue weighted by molar-refractivity contribution is 5.91. The molecule has 0 heterocycles. The van der Waals surface area contributed by atoms with Crippen molar-refractivity contribution in [3.63, 3.8) is 0 Å². The van der Waals surface area contributed by atoms with Gasteiger partial charge in [-0.25, -0.2) is 4.79 Å². The lowest BCUT2D eigenvalue weighted by molar-refractivity contribution is 0.232. The van der Waals surface area contributed by atoms with Crippen LogP contribution in [0, 0.1) is 5.92 Å². The van der Waals surface area contributed by atoms with Gasteiger partial charge in [-0.05, 0) is 30.9 Å². The maximum atomic E-state index is 12.0. The van der Waals surface area contributed by atoms with Gasteiger partial charge in [0.05, 0.1) is 12.8 Å². The number of hydrogen-bond acceptors (Lipinski definition) is 2. The smallest absolute Gasteiger partial charge is 0.319 e. The molecule has 4 heteroatoms. The quantitative estimate of drug-likeness (QED) is 0.877. The summed E-state index contributed by atoms with van der Waals surface area (Å²) in [6.07, 6.45) is 4.73. The topological polar surface area (TPSA) is 50.4 Å². The molecule has 0 saturated heterocycles. The Morgan fingerprint density at radius 2 is 2.00 bits per heavy atom. The number of methoxy groups -OCH3 is 1. The average Bonchev–Trinajstić information content (AvgIpc) is 2.42. The molecule has 0 aromatic heterocycles. The summed E-state index contributed by atoms with van der Waals surface area (Å²) in [5.74, 6) is 1.23. The molecule has 1 aliphatic carbocycles. The van der Waals surface area contributed by atoms with E-state index in [-0.39, 0.29) is 12.1 Å². The SMILES string of the molecule is COc1ccccc1NC(=O)N[C@H]1CCCC[C@H]1C. The summed E-state index contributed by atoms with van der Waals surface area (Å²) in [6, 6.07) is 7.56. The van der Waals surface area contributed by atoms with Crippen LogP contribution in [-0.4, -0.2) is 19.2 Å². The van der Waals surface area contributed by atoms with E-state index < -0.39 is 0 Å². The molecule has 0 unspecified atom stereocenters. The van der Waals surface area contributed by atoms with Gasteiger partial charge >= 0.3 is 6.03 Å². The van der Waals surface area contributed by atoms with Crippen molar-refractivity contribution >= 4 is 11.7 Å². The second kappa shape index (κ2) is 6.45. The lowest BCUT2D eigenvalue weighted by Crippen LogP contribution is -2.43. The summed E-state index contributed by atoms with van der Waals surface area (Å²) in [6.45, 7) is 2.20. The number of rotatable bonds is 3. The Kier molecular flexibility index (Phi) is 4.66. The van der Waals surface area contributed by atoms with Crippen molar-refractivity contribution in [3.05, 3.63) is 24.3 Å². The molecule has 2 N–H and O–H groups in total. The molecule has 0 radical (unpaired) electrons. The van der Waals surface area contributed by atoms with Gasteiger partial charge in [0.2, 0.25) is 0 Å². The summed E-state index contributed by atoms with van der Waals surface area (Å²) < 4.78 is 5.21. The Morgan fingerprint density at radius 3 is 2.74 bits per heavy atom. The summed E-state index contributed by atoms with van der Waals surface area (Å²) in [5, 5.41) is 5.92. The molecule has 1 saturated carbocycles. The third-order valence-corrected chi connectivity index (χ3v) is 3.78. The van der Waals surface area contributed by atoms with E-state index in [9.17, 15) is 4.79 Å². The molecule has 0 aliphatic heterocycles. The van der Waals surface area contributed by atoms with Crippen molar-refractivity contribution in [1.82, 2.24) is 5.32 Å². The first-order valence-electron chi connectivity index (χ1n) is 6.91. The van der Waals surface area contributed by atoms with Crippen molar-refractivity contribution < 1.29 is 9.53 Å². The van der Waals surface area contributed by atoms with Gasteiger partial charge in [-0.1, -0.05) is 31.9 Å². The van der Waals surface area contributed by atoms with E-state index in [1.54, 1.807) is 7.11 Å². The molecule has 0 spiro atoms. The summed E-state index contributed by atoms with van der Waals surface area (Å²) in [5.41, 5.74) is 0.700. The van der Waals surface area contributed by atoms with E-state index in [4.69, 9.17) is 4.74 Å². The number of amides is 2. The number of carbonyl (C=O) groups is 1. The van der Waals surface area contributed by atoms with Crippen molar-refractivity contribution in [3.8, 4) is 5.75 Å². The van der Waals surface area contributed by atoms with Crippen molar-refractivity contribution in [1.29, 1.82) is 0 Å². The predicted molar refractivity (Wildman–Crippen MR) is 76.6 cm³/mol. The Balaban J connectivity index is 1.93. The van der Waals surface area contributed by atoms with Crippen LogP contribution in [-0.2, 0) is 0 Å². The van der Waals surface area contributed by atoms with Crippen LogP contribution in [0.25, 0.3) is 0 Å². The standard InChI is InChI=1S/C15H22N2O2/c1-11-7-3-4-8-12(11)16-15(18)17-13-9-5-6-10-14(13)19-2/h5-6,9-12H,3-4,7-8H2,1-2H3,(H2,16,17,18)/t11-,12+/m1/s1. The lowest BCUT2D eigenvalue weighted by atomic mass is 9.86. The van der Waals surface area contributed by atoms with Crippen LogP contribution in [0.5, 0.6) is 5.75 Å². The maximum Gasteiger partial charge on any atom is 0.319 e. The van der Waals surface area contributed by atoms with E-state index in [1.807, 2.05) is 24.3 Å². The normalized spacial score (nSPS) is 22.6. The first kappa shape index (κ1) is 13.7. The second-order valence-electron chi connectivity index (χ2n) is 5.17. The minimum Gasteiger partial charge on any atom is -0.495 e. The zero-order valence-corrected chi connectivity index (χ0v) is 11.6. The number of hydrogen-bond donors (Lipinski definition) is 2. The van der Waals surface area contributed by atoms with Crippen LogP contribution in [0.2, 0.25) is 0 Å². The maximum absolute atomic E-state index is 12.0. The molecule has 1 aliphatic rings. The van der Waals surface area contributed by atoms with Gasteiger partial charge in [0.1, 0.15) is 5.75 Å². The largest absolute Gasteiger partial charge is 0.495 e. The van der Waals surface area contributed by atoms with E-state index in [0.717, 1.165) is 6.42 Å². The van der Waals surface area contributed by atoms with Crippen LogP contribution in [0.15, 0.2) is 24.3 Å². The fraction of sp³-hybridized carbons (Fsp3) is 0.533. The van der Waals surface area contributed by atoms with Crippen molar-refractivity contribution in [2.45, 2.75) is 38.6 Å². The summed E-state index contributed by atoms with van der Waals surface area (Å²) in [4.78, 5) is 12.0. The van der Waals surface area contributed by atoms with Crippen LogP contribution < -0.4 is 15.4 Å². The highest BCUT2D eigenvalue weighted by Gasteiger charge is 2.22. The highest BCUT2D eigenvalue weighted by Crippen LogP contribution is 2.25. The molecule has 2 amide bonds. The van der Waals surface area contributed by atoms with E-state index in [2.05, 4.69) is 17.6 Å². The van der Waals surface area contributed by atoms with Gasteiger partial charge in [-0.2, -0.15) is 0 Å². The van der Waals surface area contributed by atoms with Crippen LogP contribution in [0.3, 0.4) is 0 Å². The first-order valence-corrected chi connectivity index (χ1v) is 6.91. The molecule has 2 atom stereocenters. The number of para-hydroxylation sites is 2. The van der Waals surface area contributed by atoms with Gasteiger partial charge in [-0.15, -0.1) is 0 Å². The number of anilines is 1. The second-order valence-corrected chi connectivity index (χ2v) is 5.17. The Morgan fingerprint density at radius 1 is 1.26 bits per heavy atom. The number of carbonyl (C=O) groups excluding carboxylic acids is 1. The van der Waals surface area contributed by atoms with Crippen LogP contribution in [0.4, 0.5) is 10.5 Å². The van der Waals surface area contributed by atoms with Gasteiger partial charge < -0.3 is 15.4 Å². The molecule has 1 aromatic carbocycles. The van der Waals surface area contributed by atoms with Gasteiger partial charge in [0.15, 0.2) is 0 Å². The number of urea groups is 1. The molecule has 19 heavy (non-hydrogen) atoms. The van der Waals surface area contributed by atoms with Crippen LogP contribution >= 0.6 is 0 Å². The average molecular weight is 262 g/mol. The predicted octanol–water partition coefficient (Wildman–Crippen LogP) is 3.40. The minimum atomic E-state index is -0.150. The Bertz CT molecular complexity index is 434. The monoisotopic (exact) mass is 262 g/mol. The highest BCUT2D eigenvalue weighted by atomic mass is 16.5. The number of nitrogens with one attached hydrogen (secondary N) is 2.